The minimum absolute atomic E-state index is 0.0942. The van der Waals surface area contributed by atoms with Gasteiger partial charge >= 0.3 is 5.97 Å². The van der Waals surface area contributed by atoms with Gasteiger partial charge in [-0.05, 0) is 43.4 Å². The van der Waals surface area contributed by atoms with E-state index < -0.39 is 0 Å². The Bertz CT molecular complexity index is 385. The number of esters is 1. The molecule has 2 N–H and O–H groups in total. The SMILES string of the molecule is C=CC(=O)O[C@H]1C[C@@H]2CC[C@@]1(C)C2(C)C.OCCCCCCO. The largest absolute Gasteiger partial charge is 0.459 e. The summed E-state index contributed by atoms with van der Waals surface area (Å²) in [6.07, 6.45) is 8.68. The number of fused-ring (bicyclic) bond motifs is 2. The fourth-order valence-corrected chi connectivity index (χ4v) is 4.07. The van der Waals surface area contributed by atoms with Gasteiger partial charge in [0.25, 0.3) is 0 Å². The maximum Gasteiger partial charge on any atom is 0.330 e. The predicted molar refractivity (Wildman–Crippen MR) is 91.9 cm³/mol. The van der Waals surface area contributed by atoms with Gasteiger partial charge < -0.3 is 14.9 Å². The van der Waals surface area contributed by atoms with Crippen molar-refractivity contribution < 1.29 is 19.7 Å². The summed E-state index contributed by atoms with van der Waals surface area (Å²) in [4.78, 5) is 11.3. The van der Waals surface area contributed by atoms with Crippen molar-refractivity contribution in [1.82, 2.24) is 0 Å². The van der Waals surface area contributed by atoms with E-state index in [-0.39, 0.29) is 30.7 Å². The van der Waals surface area contributed by atoms with Crippen LogP contribution in [0.2, 0.25) is 0 Å². The van der Waals surface area contributed by atoms with Gasteiger partial charge in [-0.1, -0.05) is 40.2 Å². The molecule has 2 aliphatic rings. The van der Waals surface area contributed by atoms with Crippen LogP contribution in [0.15, 0.2) is 12.7 Å². The van der Waals surface area contributed by atoms with Crippen molar-refractivity contribution in [2.75, 3.05) is 13.2 Å². The zero-order valence-corrected chi connectivity index (χ0v) is 15.0. The van der Waals surface area contributed by atoms with Gasteiger partial charge in [-0.3, -0.25) is 0 Å². The molecule has 0 unspecified atom stereocenters. The average molecular weight is 326 g/mol. The minimum atomic E-state index is -0.274. The normalized spacial score (nSPS) is 30.5. The molecule has 2 saturated carbocycles. The second-order valence-corrected chi connectivity index (χ2v) is 7.60. The van der Waals surface area contributed by atoms with E-state index in [1.807, 2.05) is 0 Å². The van der Waals surface area contributed by atoms with Gasteiger partial charge in [-0.25, -0.2) is 4.79 Å². The minimum Gasteiger partial charge on any atom is -0.459 e. The van der Waals surface area contributed by atoms with E-state index in [1.54, 1.807) is 0 Å². The van der Waals surface area contributed by atoms with E-state index >= 15 is 0 Å². The monoisotopic (exact) mass is 326 g/mol. The summed E-state index contributed by atoms with van der Waals surface area (Å²) in [7, 11) is 0. The number of aliphatic hydroxyl groups excluding tert-OH is 2. The van der Waals surface area contributed by atoms with Crippen molar-refractivity contribution in [2.24, 2.45) is 16.7 Å². The Labute approximate surface area is 140 Å². The molecule has 2 bridgehead atoms. The number of hydrogen-bond acceptors (Lipinski definition) is 4. The number of rotatable bonds is 7. The summed E-state index contributed by atoms with van der Waals surface area (Å²) in [5.74, 6) is 0.440. The van der Waals surface area contributed by atoms with E-state index in [0.29, 0.717) is 11.3 Å². The Hall–Kier alpha value is -0.870. The molecule has 2 rings (SSSR count). The standard InChI is InChI=1S/C13H20O2.C6H14O2/c1-5-11(14)15-10-8-9-6-7-13(10,4)12(9,2)3;7-5-3-1-2-4-6-8/h5,9-10H,1,6-8H2,2-4H3;7-8H,1-6H2/t9-,10-,13+;/m0./s1. The van der Waals surface area contributed by atoms with E-state index in [0.717, 1.165) is 32.1 Å². The van der Waals surface area contributed by atoms with Crippen molar-refractivity contribution in [3.63, 3.8) is 0 Å². The van der Waals surface area contributed by atoms with Crippen LogP contribution in [0.4, 0.5) is 0 Å². The molecule has 4 nitrogen and oxygen atoms in total. The van der Waals surface area contributed by atoms with E-state index in [2.05, 4.69) is 27.4 Å². The molecule has 0 aliphatic heterocycles. The first-order valence-corrected chi connectivity index (χ1v) is 8.88. The van der Waals surface area contributed by atoms with Gasteiger partial charge in [0.1, 0.15) is 6.10 Å². The summed E-state index contributed by atoms with van der Waals surface area (Å²) in [6, 6.07) is 0. The molecule has 23 heavy (non-hydrogen) atoms. The highest BCUT2D eigenvalue weighted by atomic mass is 16.5. The van der Waals surface area contributed by atoms with Gasteiger partial charge in [-0.15, -0.1) is 0 Å². The highest BCUT2D eigenvalue weighted by molar-refractivity contribution is 5.81. The van der Waals surface area contributed by atoms with E-state index in [9.17, 15) is 4.79 Å². The van der Waals surface area contributed by atoms with Crippen LogP contribution < -0.4 is 0 Å². The van der Waals surface area contributed by atoms with Gasteiger partial charge in [0.15, 0.2) is 0 Å². The summed E-state index contributed by atoms with van der Waals surface area (Å²) in [6.45, 7) is 10.9. The number of carbonyl (C=O) groups excluding carboxylic acids is 1. The Morgan fingerprint density at radius 1 is 1.17 bits per heavy atom. The quantitative estimate of drug-likeness (QED) is 0.427. The Morgan fingerprint density at radius 2 is 1.74 bits per heavy atom. The van der Waals surface area contributed by atoms with Crippen LogP contribution in [0, 0.1) is 16.7 Å². The molecule has 2 aliphatic carbocycles. The number of aliphatic hydroxyl groups is 2. The lowest BCUT2D eigenvalue weighted by Gasteiger charge is -2.38. The van der Waals surface area contributed by atoms with Crippen molar-refractivity contribution in [3.8, 4) is 0 Å². The Morgan fingerprint density at radius 3 is 2.09 bits per heavy atom. The molecular formula is C19H34O4. The molecule has 0 amide bonds. The van der Waals surface area contributed by atoms with Crippen molar-refractivity contribution in [1.29, 1.82) is 0 Å². The van der Waals surface area contributed by atoms with Crippen LogP contribution in [-0.2, 0) is 9.53 Å². The molecule has 0 spiro atoms. The molecule has 134 valence electrons. The highest BCUT2D eigenvalue weighted by Gasteiger charge is 2.62. The molecule has 0 aromatic heterocycles. The van der Waals surface area contributed by atoms with Crippen molar-refractivity contribution in [3.05, 3.63) is 12.7 Å². The van der Waals surface area contributed by atoms with Crippen LogP contribution in [-0.4, -0.2) is 35.5 Å². The number of ether oxygens (including phenoxy) is 1. The van der Waals surface area contributed by atoms with Crippen LogP contribution in [0.5, 0.6) is 0 Å². The molecule has 0 aromatic carbocycles. The summed E-state index contributed by atoms with van der Waals surface area (Å²) in [5, 5.41) is 16.6. The Balaban J connectivity index is 0.000000284. The maximum absolute atomic E-state index is 11.3. The molecule has 4 heteroatoms. The fourth-order valence-electron chi connectivity index (χ4n) is 4.07. The van der Waals surface area contributed by atoms with Crippen LogP contribution in [0.1, 0.15) is 65.7 Å². The molecule has 0 aromatic rings. The lowest BCUT2D eigenvalue weighted by Crippen LogP contribution is -2.38. The smallest absolute Gasteiger partial charge is 0.330 e. The van der Waals surface area contributed by atoms with E-state index in [4.69, 9.17) is 14.9 Å². The second-order valence-electron chi connectivity index (χ2n) is 7.60. The number of hydrogen-bond donors (Lipinski definition) is 2. The summed E-state index contributed by atoms with van der Waals surface area (Å²) in [5.41, 5.74) is 0.468. The topological polar surface area (TPSA) is 66.8 Å². The second kappa shape index (κ2) is 8.84. The molecule has 2 fully saturated rings. The van der Waals surface area contributed by atoms with Gasteiger partial charge in [0, 0.05) is 24.7 Å². The number of carbonyl (C=O) groups is 1. The van der Waals surface area contributed by atoms with Crippen LogP contribution in [0.3, 0.4) is 0 Å². The first-order valence-electron chi connectivity index (χ1n) is 8.88. The lowest BCUT2D eigenvalue weighted by molar-refractivity contribution is -0.150. The zero-order chi connectivity index (χ0) is 17.5. The van der Waals surface area contributed by atoms with Crippen LogP contribution >= 0.6 is 0 Å². The third-order valence-corrected chi connectivity index (χ3v) is 6.21. The average Bonchev–Trinajstić information content (AvgIpc) is 2.85. The van der Waals surface area contributed by atoms with Gasteiger partial charge in [-0.2, -0.15) is 0 Å². The van der Waals surface area contributed by atoms with E-state index in [1.165, 1.54) is 18.9 Å². The van der Waals surface area contributed by atoms with Crippen molar-refractivity contribution in [2.45, 2.75) is 71.8 Å². The van der Waals surface area contributed by atoms with Crippen LogP contribution in [0.25, 0.3) is 0 Å². The number of unbranched alkanes of at least 4 members (excludes halogenated alkanes) is 3. The molecular weight excluding hydrogens is 292 g/mol. The summed E-state index contributed by atoms with van der Waals surface area (Å²) >= 11 is 0. The fraction of sp³-hybridized carbons (Fsp3) is 0.842. The van der Waals surface area contributed by atoms with Crippen molar-refractivity contribution >= 4 is 5.97 Å². The zero-order valence-electron chi connectivity index (χ0n) is 15.0. The third-order valence-electron chi connectivity index (χ3n) is 6.21. The maximum atomic E-state index is 11.3. The Kier molecular flexibility index (Phi) is 7.75. The predicted octanol–water partition coefficient (Wildman–Crippen LogP) is 3.46. The molecule has 3 atom stereocenters. The van der Waals surface area contributed by atoms with Gasteiger partial charge in [0.05, 0.1) is 0 Å². The lowest BCUT2D eigenvalue weighted by atomic mass is 9.70. The highest BCUT2D eigenvalue weighted by Crippen LogP contribution is 2.66. The first kappa shape index (κ1) is 20.2. The third kappa shape index (κ3) is 4.57. The first-order chi connectivity index (χ1) is 10.8. The van der Waals surface area contributed by atoms with Gasteiger partial charge in [0.2, 0.25) is 0 Å². The molecule has 0 heterocycles. The molecule has 0 radical (unpaired) electrons. The molecule has 0 saturated heterocycles. The summed E-state index contributed by atoms with van der Waals surface area (Å²) < 4.78 is 5.48.